The second-order valence-corrected chi connectivity index (χ2v) is 11.6. The Bertz CT molecular complexity index is 1240. The van der Waals surface area contributed by atoms with Gasteiger partial charge in [-0.25, -0.2) is 9.18 Å². The second-order valence-electron chi connectivity index (χ2n) is 9.08. The van der Waals surface area contributed by atoms with Crippen LogP contribution in [0.5, 0.6) is 5.75 Å². The zero-order valence-electron chi connectivity index (χ0n) is 18.5. The lowest BCUT2D eigenvalue weighted by atomic mass is 9.59. The maximum atomic E-state index is 14.6. The van der Waals surface area contributed by atoms with Crippen molar-refractivity contribution in [2.75, 3.05) is 26.8 Å². The molecule has 1 unspecified atom stereocenters. The molecule has 1 aliphatic heterocycles. The van der Waals surface area contributed by atoms with Crippen molar-refractivity contribution in [3.05, 3.63) is 65.1 Å². The number of H-pyrrole nitrogens is 1. The number of fused-ring (bicyclic) bond motifs is 4. The Morgan fingerprint density at radius 1 is 1.26 bits per heavy atom. The Labute approximate surface area is 212 Å². The first kappa shape index (κ1) is 23.6. The number of aromatic amines is 1. The summed E-state index contributed by atoms with van der Waals surface area (Å²) in [5.74, 6) is 0.606. The van der Waals surface area contributed by atoms with Crippen LogP contribution in [0.15, 0.2) is 42.5 Å². The number of methoxy groups -OCH3 is 1. The largest absolute Gasteiger partial charge is 0.497 e. The maximum absolute atomic E-state index is 14.6. The normalized spacial score (nSPS) is 22.3. The van der Waals surface area contributed by atoms with Gasteiger partial charge in [-0.15, -0.1) is 0 Å². The molecule has 1 N–H and O–H groups in total. The summed E-state index contributed by atoms with van der Waals surface area (Å²) >= 11 is 17.3. The number of hydrogen-bond donors (Lipinski definition) is 1. The number of alkyl halides is 3. The van der Waals surface area contributed by atoms with Crippen molar-refractivity contribution in [3.8, 4) is 5.75 Å². The van der Waals surface area contributed by atoms with Gasteiger partial charge in [-0.3, -0.25) is 0 Å². The van der Waals surface area contributed by atoms with E-state index in [-0.39, 0.29) is 23.8 Å². The number of likely N-dealkylation sites (tertiary alicyclic amines) is 1. The van der Waals surface area contributed by atoms with E-state index >= 15 is 0 Å². The lowest BCUT2D eigenvalue weighted by Gasteiger charge is -2.50. The molecule has 1 amide bonds. The molecule has 3 aromatic rings. The first-order valence-corrected chi connectivity index (χ1v) is 12.2. The van der Waals surface area contributed by atoms with Crippen LogP contribution in [0.1, 0.15) is 23.2 Å². The molecule has 0 radical (unpaired) electrons. The lowest BCUT2D eigenvalue weighted by Crippen LogP contribution is -2.55. The molecule has 0 bridgehead atoms. The molecule has 34 heavy (non-hydrogen) atoms. The van der Waals surface area contributed by atoms with Crippen LogP contribution in [-0.2, 0) is 23.0 Å². The van der Waals surface area contributed by atoms with Crippen molar-refractivity contribution < 1.29 is 18.7 Å². The molecule has 0 saturated carbocycles. The van der Waals surface area contributed by atoms with Crippen LogP contribution in [0.3, 0.4) is 0 Å². The summed E-state index contributed by atoms with van der Waals surface area (Å²) in [5, 5.41) is 0.894. The van der Waals surface area contributed by atoms with Crippen LogP contribution in [-0.4, -0.2) is 46.6 Å². The van der Waals surface area contributed by atoms with Gasteiger partial charge in [0, 0.05) is 29.6 Å². The SMILES string of the molecule is COc1cccc([C@]23CCN(C(=O)OCC(Cl)(Cl)Cl)CC2Cc2c([nH]c4c(F)cccc24)C3)c1. The van der Waals surface area contributed by atoms with Gasteiger partial charge in [0.25, 0.3) is 0 Å². The van der Waals surface area contributed by atoms with E-state index in [1.807, 2.05) is 18.2 Å². The molecule has 1 saturated heterocycles. The molecule has 0 spiro atoms. The van der Waals surface area contributed by atoms with Crippen molar-refractivity contribution in [1.82, 2.24) is 9.88 Å². The van der Waals surface area contributed by atoms with Crippen molar-refractivity contribution in [1.29, 1.82) is 0 Å². The standard InChI is InChI=1S/C25H24Cl3FN2O3/c1-33-17-5-2-4-15(10-17)24-8-9-31(23(32)34-14-25(26,27)28)13-16(24)11-19-18-6-3-7-20(29)22(18)30-21(19)12-24/h2-7,10,16,30H,8-9,11-14H2,1H3/t16?,24-/m1/s1. The van der Waals surface area contributed by atoms with E-state index in [2.05, 4.69) is 17.1 Å². The lowest BCUT2D eigenvalue weighted by molar-refractivity contribution is 0.0539. The van der Waals surface area contributed by atoms with Gasteiger partial charge in [0.05, 0.1) is 12.6 Å². The third-order valence-corrected chi connectivity index (χ3v) is 7.56. The molecule has 2 aliphatic rings. The van der Waals surface area contributed by atoms with Crippen LogP contribution in [0.25, 0.3) is 10.9 Å². The number of rotatable bonds is 3. The Morgan fingerprint density at radius 3 is 2.82 bits per heavy atom. The summed E-state index contributed by atoms with van der Waals surface area (Å²) < 4.78 is 23.7. The minimum atomic E-state index is -1.66. The highest BCUT2D eigenvalue weighted by Crippen LogP contribution is 2.49. The number of ether oxygens (including phenoxy) is 2. The number of aromatic nitrogens is 1. The maximum Gasteiger partial charge on any atom is 0.409 e. The van der Waals surface area contributed by atoms with Crippen LogP contribution >= 0.6 is 34.8 Å². The van der Waals surface area contributed by atoms with Crippen LogP contribution in [0.2, 0.25) is 0 Å². The van der Waals surface area contributed by atoms with Crippen molar-refractivity contribution in [2.45, 2.75) is 28.5 Å². The van der Waals surface area contributed by atoms with Gasteiger partial charge in [-0.05, 0) is 54.5 Å². The average Bonchev–Trinajstić information content (AvgIpc) is 3.18. The van der Waals surface area contributed by atoms with Crippen LogP contribution in [0, 0.1) is 11.7 Å². The number of nitrogens with one attached hydrogen (secondary N) is 1. The minimum Gasteiger partial charge on any atom is -0.497 e. The van der Waals surface area contributed by atoms with E-state index < -0.39 is 9.89 Å². The van der Waals surface area contributed by atoms with E-state index in [4.69, 9.17) is 44.3 Å². The first-order valence-electron chi connectivity index (χ1n) is 11.1. The number of piperidine rings is 1. The van der Waals surface area contributed by atoms with Gasteiger partial charge in [0.1, 0.15) is 18.2 Å². The predicted octanol–water partition coefficient (Wildman–Crippen LogP) is 6.18. The highest BCUT2D eigenvalue weighted by molar-refractivity contribution is 6.67. The van der Waals surface area contributed by atoms with Crippen molar-refractivity contribution in [3.63, 3.8) is 0 Å². The molecule has 1 aromatic heterocycles. The molecule has 5 nitrogen and oxygen atoms in total. The number of carbonyl (C=O) groups is 1. The number of para-hydroxylation sites is 1. The molecule has 2 heterocycles. The average molecular weight is 526 g/mol. The fraction of sp³-hybridized carbons (Fsp3) is 0.400. The molecule has 5 rings (SSSR count). The molecule has 9 heteroatoms. The Morgan fingerprint density at radius 2 is 2.06 bits per heavy atom. The van der Waals surface area contributed by atoms with E-state index in [1.165, 1.54) is 6.07 Å². The van der Waals surface area contributed by atoms with Crippen LogP contribution in [0.4, 0.5) is 9.18 Å². The Hall–Kier alpha value is -2.15. The smallest absolute Gasteiger partial charge is 0.409 e. The zero-order valence-corrected chi connectivity index (χ0v) is 20.8. The number of carbonyl (C=O) groups excluding carboxylic acids is 1. The summed E-state index contributed by atoms with van der Waals surface area (Å²) in [6.07, 6.45) is 1.63. The van der Waals surface area contributed by atoms with E-state index in [1.54, 1.807) is 18.1 Å². The monoisotopic (exact) mass is 524 g/mol. The van der Waals surface area contributed by atoms with Gasteiger partial charge in [-0.2, -0.15) is 0 Å². The minimum absolute atomic E-state index is 0.0865. The third-order valence-electron chi connectivity index (χ3n) is 7.23. The number of amides is 1. The van der Waals surface area contributed by atoms with E-state index in [0.29, 0.717) is 37.9 Å². The van der Waals surface area contributed by atoms with Gasteiger partial charge < -0.3 is 19.4 Å². The second kappa shape index (κ2) is 8.81. The first-order chi connectivity index (χ1) is 16.2. The summed E-state index contributed by atoms with van der Waals surface area (Å²) in [6, 6.07) is 13.2. The topological polar surface area (TPSA) is 54.6 Å². The number of hydrogen-bond acceptors (Lipinski definition) is 3. The van der Waals surface area contributed by atoms with Gasteiger partial charge >= 0.3 is 6.09 Å². The predicted molar refractivity (Wildman–Crippen MR) is 132 cm³/mol. The fourth-order valence-corrected chi connectivity index (χ4v) is 5.78. The summed E-state index contributed by atoms with van der Waals surface area (Å²) in [5.41, 5.74) is 3.59. The van der Waals surface area contributed by atoms with Gasteiger partial charge in [0.2, 0.25) is 3.79 Å². The molecular formula is C25H24Cl3FN2O3. The number of nitrogens with zero attached hydrogens (tertiary/aromatic N) is 1. The number of halogens is 4. The number of benzene rings is 2. The van der Waals surface area contributed by atoms with E-state index in [0.717, 1.165) is 28.0 Å². The molecule has 2 atom stereocenters. The molecule has 1 aliphatic carbocycles. The van der Waals surface area contributed by atoms with E-state index in [9.17, 15) is 9.18 Å². The summed E-state index contributed by atoms with van der Waals surface area (Å²) in [4.78, 5) is 17.8. The van der Waals surface area contributed by atoms with Crippen molar-refractivity contribution in [2.24, 2.45) is 5.92 Å². The van der Waals surface area contributed by atoms with Crippen LogP contribution < -0.4 is 4.74 Å². The third kappa shape index (κ3) is 4.21. The highest BCUT2D eigenvalue weighted by atomic mass is 35.6. The molecule has 180 valence electrons. The van der Waals surface area contributed by atoms with Gasteiger partial charge in [0.15, 0.2) is 0 Å². The summed E-state index contributed by atoms with van der Waals surface area (Å²) in [6.45, 7) is 0.665. The highest BCUT2D eigenvalue weighted by Gasteiger charge is 2.49. The molecule has 1 fully saturated rings. The molecular weight excluding hydrogens is 502 g/mol. The quantitative estimate of drug-likeness (QED) is 0.415. The van der Waals surface area contributed by atoms with Crippen molar-refractivity contribution >= 4 is 51.8 Å². The molecule has 2 aromatic carbocycles. The zero-order chi connectivity index (χ0) is 24.1. The summed E-state index contributed by atoms with van der Waals surface area (Å²) in [7, 11) is 1.65. The Balaban J connectivity index is 1.53. The fourth-order valence-electron chi connectivity index (χ4n) is 5.62. The Kier molecular flexibility index (Phi) is 6.11. The van der Waals surface area contributed by atoms with Gasteiger partial charge in [-0.1, -0.05) is 59.1 Å².